The standard InChI is InChI=1S/C18H17NO7/c1-23-16-9-7-13(11-17(16)24-2)8-10-18(20)26-15-6-4-3-5-14(15)12-25-19(21)22/h3-11H,12H2,1-2H3/b10-8+. The zero-order chi connectivity index (χ0) is 18.9. The molecule has 0 amide bonds. The minimum atomic E-state index is -0.907. The van der Waals surface area contributed by atoms with E-state index < -0.39 is 11.1 Å². The average Bonchev–Trinajstić information content (AvgIpc) is 2.65. The molecule has 2 rings (SSSR count). The van der Waals surface area contributed by atoms with Gasteiger partial charge in [-0.3, -0.25) is 0 Å². The van der Waals surface area contributed by atoms with Crippen LogP contribution in [0.3, 0.4) is 0 Å². The number of rotatable bonds is 8. The maximum atomic E-state index is 12.0. The molecule has 0 aliphatic carbocycles. The summed E-state index contributed by atoms with van der Waals surface area (Å²) in [6.45, 7) is -0.310. The van der Waals surface area contributed by atoms with E-state index in [4.69, 9.17) is 14.2 Å². The van der Waals surface area contributed by atoms with Crippen molar-refractivity contribution in [3.8, 4) is 17.2 Å². The second-order valence-corrected chi connectivity index (χ2v) is 4.97. The molecule has 0 saturated heterocycles. The Bertz CT molecular complexity index is 817. The molecule has 0 radical (unpaired) electrons. The van der Waals surface area contributed by atoms with Gasteiger partial charge in [0, 0.05) is 11.6 Å². The summed E-state index contributed by atoms with van der Waals surface area (Å²) in [5.41, 5.74) is 1.10. The van der Waals surface area contributed by atoms with Gasteiger partial charge in [-0.25, -0.2) is 4.79 Å². The molecule has 0 spiro atoms. The first kappa shape index (κ1) is 18.8. The molecule has 0 atom stereocenters. The number of ether oxygens (including phenoxy) is 3. The van der Waals surface area contributed by atoms with Crippen molar-refractivity contribution in [3.63, 3.8) is 0 Å². The Balaban J connectivity index is 2.07. The summed E-state index contributed by atoms with van der Waals surface area (Å²) < 4.78 is 15.6. The zero-order valence-corrected chi connectivity index (χ0v) is 14.2. The van der Waals surface area contributed by atoms with Crippen LogP contribution in [0.5, 0.6) is 17.2 Å². The van der Waals surface area contributed by atoms with Gasteiger partial charge in [0.1, 0.15) is 12.4 Å². The third-order valence-corrected chi connectivity index (χ3v) is 3.33. The largest absolute Gasteiger partial charge is 0.493 e. The van der Waals surface area contributed by atoms with Gasteiger partial charge in [-0.2, -0.15) is 0 Å². The zero-order valence-electron chi connectivity index (χ0n) is 14.2. The van der Waals surface area contributed by atoms with Crippen molar-refractivity contribution >= 4 is 12.0 Å². The first-order chi connectivity index (χ1) is 12.5. The smallest absolute Gasteiger partial charge is 0.336 e. The lowest BCUT2D eigenvalue weighted by atomic mass is 10.2. The number of hydrogen-bond donors (Lipinski definition) is 0. The summed E-state index contributed by atoms with van der Waals surface area (Å²) in [7, 11) is 3.05. The van der Waals surface area contributed by atoms with Gasteiger partial charge in [-0.15, -0.1) is 10.1 Å². The van der Waals surface area contributed by atoms with Crippen molar-refractivity contribution in [2.75, 3.05) is 14.2 Å². The molecule has 0 aromatic heterocycles. The fourth-order valence-corrected chi connectivity index (χ4v) is 2.11. The van der Waals surface area contributed by atoms with E-state index in [-0.39, 0.29) is 12.4 Å². The highest BCUT2D eigenvalue weighted by atomic mass is 16.9. The highest BCUT2D eigenvalue weighted by Gasteiger charge is 2.09. The molecule has 2 aromatic rings. The fraction of sp³-hybridized carbons (Fsp3) is 0.167. The van der Waals surface area contributed by atoms with Crippen molar-refractivity contribution in [2.45, 2.75) is 6.61 Å². The Morgan fingerprint density at radius 2 is 1.81 bits per heavy atom. The lowest BCUT2D eigenvalue weighted by molar-refractivity contribution is -0.763. The van der Waals surface area contributed by atoms with Crippen LogP contribution in [-0.4, -0.2) is 25.3 Å². The van der Waals surface area contributed by atoms with E-state index in [1.807, 2.05) is 0 Å². The van der Waals surface area contributed by atoms with E-state index in [1.165, 1.54) is 26.4 Å². The second kappa shape index (κ2) is 9.07. The topological polar surface area (TPSA) is 97.1 Å². The average molecular weight is 359 g/mol. The maximum absolute atomic E-state index is 12.0. The first-order valence-electron chi connectivity index (χ1n) is 7.50. The van der Waals surface area contributed by atoms with Gasteiger partial charge in [0.15, 0.2) is 11.5 Å². The number of carbonyl (C=O) groups excluding carboxylic acids is 1. The minimum Gasteiger partial charge on any atom is -0.493 e. The van der Waals surface area contributed by atoms with E-state index >= 15 is 0 Å². The van der Waals surface area contributed by atoms with Gasteiger partial charge in [0.05, 0.1) is 14.2 Å². The number of nitrogens with zero attached hydrogens (tertiary/aromatic N) is 1. The minimum absolute atomic E-state index is 0.191. The molecule has 136 valence electrons. The van der Waals surface area contributed by atoms with Crippen LogP contribution in [0.2, 0.25) is 0 Å². The quantitative estimate of drug-likeness (QED) is 0.235. The first-order valence-corrected chi connectivity index (χ1v) is 7.50. The van der Waals surface area contributed by atoms with Crippen LogP contribution in [0, 0.1) is 10.1 Å². The van der Waals surface area contributed by atoms with Crippen LogP contribution >= 0.6 is 0 Å². The summed E-state index contributed by atoms with van der Waals surface area (Å²) in [6, 6.07) is 11.6. The van der Waals surface area contributed by atoms with Gasteiger partial charge in [0.25, 0.3) is 5.09 Å². The Morgan fingerprint density at radius 1 is 1.08 bits per heavy atom. The molecular formula is C18H17NO7. The van der Waals surface area contributed by atoms with E-state index in [1.54, 1.807) is 42.5 Å². The predicted molar refractivity (Wildman–Crippen MR) is 92.4 cm³/mol. The van der Waals surface area contributed by atoms with Gasteiger partial charge in [-0.05, 0) is 29.8 Å². The van der Waals surface area contributed by atoms with Crippen LogP contribution in [0.15, 0.2) is 48.5 Å². The third kappa shape index (κ3) is 5.23. The lowest BCUT2D eigenvalue weighted by Gasteiger charge is -2.08. The Kier molecular flexibility index (Phi) is 6.55. The molecular weight excluding hydrogens is 342 g/mol. The van der Waals surface area contributed by atoms with E-state index in [0.29, 0.717) is 22.6 Å². The number of esters is 1. The van der Waals surface area contributed by atoms with Gasteiger partial charge < -0.3 is 19.0 Å². The van der Waals surface area contributed by atoms with Gasteiger partial charge in [0.2, 0.25) is 0 Å². The predicted octanol–water partition coefficient (Wildman–Crippen LogP) is 3.03. The molecule has 0 aliphatic heterocycles. The van der Waals surface area contributed by atoms with E-state index in [9.17, 15) is 14.9 Å². The third-order valence-electron chi connectivity index (χ3n) is 3.33. The molecule has 0 bridgehead atoms. The molecule has 0 fully saturated rings. The summed E-state index contributed by atoms with van der Waals surface area (Å²) >= 11 is 0. The molecule has 0 aliphatic rings. The van der Waals surface area contributed by atoms with Crippen molar-refractivity contribution in [2.24, 2.45) is 0 Å². The monoisotopic (exact) mass is 359 g/mol. The normalized spacial score (nSPS) is 10.4. The molecule has 0 saturated carbocycles. The molecule has 8 heteroatoms. The Labute approximate surface area is 149 Å². The van der Waals surface area contributed by atoms with Crippen LogP contribution in [0.4, 0.5) is 0 Å². The summed E-state index contributed by atoms with van der Waals surface area (Å²) in [4.78, 5) is 26.6. The number of benzene rings is 2. The van der Waals surface area contributed by atoms with Crippen LogP contribution < -0.4 is 14.2 Å². The second-order valence-electron chi connectivity index (χ2n) is 4.97. The fourth-order valence-electron chi connectivity index (χ4n) is 2.11. The van der Waals surface area contributed by atoms with Crippen molar-refractivity contribution < 1.29 is 28.9 Å². The Morgan fingerprint density at radius 3 is 2.50 bits per heavy atom. The number of hydrogen-bond acceptors (Lipinski definition) is 7. The molecule has 8 nitrogen and oxygen atoms in total. The highest BCUT2D eigenvalue weighted by Crippen LogP contribution is 2.28. The maximum Gasteiger partial charge on any atom is 0.336 e. The summed E-state index contributed by atoms with van der Waals surface area (Å²) in [6.07, 6.45) is 2.80. The van der Waals surface area contributed by atoms with Crippen molar-refractivity contribution in [1.29, 1.82) is 0 Å². The van der Waals surface area contributed by atoms with Crippen LogP contribution in [0.25, 0.3) is 6.08 Å². The van der Waals surface area contributed by atoms with E-state index in [0.717, 1.165) is 0 Å². The SMILES string of the molecule is COc1ccc(/C=C/C(=O)Oc2ccccc2CO[N+](=O)[O-])cc1OC. The van der Waals surface area contributed by atoms with Gasteiger partial charge in [-0.1, -0.05) is 24.3 Å². The molecule has 0 heterocycles. The lowest BCUT2D eigenvalue weighted by Crippen LogP contribution is -2.07. The molecule has 0 N–H and O–H groups in total. The number of methoxy groups -OCH3 is 2. The summed E-state index contributed by atoms with van der Waals surface area (Å²) in [5.74, 6) is 0.668. The Hall–Kier alpha value is -3.55. The highest BCUT2D eigenvalue weighted by molar-refractivity contribution is 5.89. The number of carbonyl (C=O) groups is 1. The molecule has 2 aromatic carbocycles. The van der Waals surface area contributed by atoms with Crippen molar-refractivity contribution in [3.05, 3.63) is 69.8 Å². The molecule has 0 unspecified atom stereocenters. The summed E-state index contributed by atoms with van der Waals surface area (Å²) in [5, 5.41) is 9.40. The van der Waals surface area contributed by atoms with Crippen LogP contribution in [0.1, 0.15) is 11.1 Å². The van der Waals surface area contributed by atoms with Crippen molar-refractivity contribution in [1.82, 2.24) is 0 Å². The number of para-hydroxylation sites is 1. The molecule has 26 heavy (non-hydrogen) atoms. The van der Waals surface area contributed by atoms with E-state index in [2.05, 4.69) is 4.84 Å². The van der Waals surface area contributed by atoms with Gasteiger partial charge >= 0.3 is 5.97 Å². The van der Waals surface area contributed by atoms with Crippen LogP contribution in [-0.2, 0) is 16.2 Å².